The van der Waals surface area contributed by atoms with Crippen LogP contribution in [-0.2, 0) is 11.3 Å². The lowest BCUT2D eigenvalue weighted by atomic mass is 9.96. The third-order valence-electron chi connectivity index (χ3n) is 4.29. The van der Waals surface area contributed by atoms with Crippen molar-refractivity contribution in [2.75, 3.05) is 12.3 Å². The second kappa shape index (κ2) is 6.09. The van der Waals surface area contributed by atoms with Gasteiger partial charge in [-0.15, -0.1) is 0 Å². The summed E-state index contributed by atoms with van der Waals surface area (Å²) in [6, 6.07) is 7.80. The lowest BCUT2D eigenvalue weighted by Gasteiger charge is -2.26. The van der Waals surface area contributed by atoms with Crippen LogP contribution in [0.5, 0.6) is 0 Å². The van der Waals surface area contributed by atoms with Crippen LogP contribution in [-0.4, -0.2) is 17.4 Å². The first-order valence-electron chi connectivity index (χ1n) is 7.25. The zero-order valence-electron chi connectivity index (χ0n) is 11.9. The fourth-order valence-electron chi connectivity index (χ4n) is 2.98. The minimum atomic E-state index is 0.213. The molecule has 1 aliphatic carbocycles. The zero-order valence-corrected chi connectivity index (χ0v) is 11.9. The summed E-state index contributed by atoms with van der Waals surface area (Å²) in [6.07, 6.45) is 3.41. The van der Waals surface area contributed by atoms with Crippen molar-refractivity contribution in [1.29, 1.82) is 0 Å². The summed E-state index contributed by atoms with van der Waals surface area (Å²) in [5.74, 6) is 1.04. The smallest absolute Gasteiger partial charge is 0.226 e. The van der Waals surface area contributed by atoms with Crippen LogP contribution in [0.2, 0.25) is 0 Å². The van der Waals surface area contributed by atoms with Crippen LogP contribution in [0.1, 0.15) is 38.7 Å². The molecule has 0 spiro atoms. The maximum absolute atomic E-state index is 12.6. The Balaban J connectivity index is 2.08. The number of hydrogen-bond donors (Lipinski definition) is 1. The van der Waals surface area contributed by atoms with E-state index in [-0.39, 0.29) is 5.92 Å². The van der Waals surface area contributed by atoms with Crippen molar-refractivity contribution < 1.29 is 4.79 Å². The lowest BCUT2D eigenvalue weighted by molar-refractivity contribution is -0.136. The molecule has 0 aliphatic heterocycles. The Morgan fingerprint density at radius 1 is 1.37 bits per heavy atom. The predicted octanol–water partition coefficient (Wildman–Crippen LogP) is 3.05. The van der Waals surface area contributed by atoms with Gasteiger partial charge in [0.15, 0.2) is 0 Å². The number of hydrogen-bond acceptors (Lipinski definition) is 2. The van der Waals surface area contributed by atoms with Crippen LogP contribution in [0.3, 0.4) is 0 Å². The summed E-state index contributed by atoms with van der Waals surface area (Å²) in [4.78, 5) is 14.5. The molecule has 2 atom stereocenters. The third kappa shape index (κ3) is 3.09. The van der Waals surface area contributed by atoms with Crippen LogP contribution < -0.4 is 5.73 Å². The Morgan fingerprint density at radius 2 is 2.11 bits per heavy atom. The van der Waals surface area contributed by atoms with Crippen molar-refractivity contribution in [2.45, 2.75) is 39.7 Å². The molecule has 3 nitrogen and oxygen atoms in total. The average molecular weight is 260 g/mol. The van der Waals surface area contributed by atoms with Crippen molar-refractivity contribution in [3.63, 3.8) is 0 Å². The minimum absolute atomic E-state index is 0.213. The van der Waals surface area contributed by atoms with Gasteiger partial charge in [0.25, 0.3) is 0 Å². The molecule has 0 aromatic heterocycles. The molecule has 1 amide bonds. The third-order valence-corrected chi connectivity index (χ3v) is 4.29. The molecule has 1 saturated carbocycles. The molecule has 104 valence electrons. The van der Waals surface area contributed by atoms with E-state index >= 15 is 0 Å². The largest absolute Gasteiger partial charge is 0.398 e. The van der Waals surface area contributed by atoms with Crippen molar-refractivity contribution in [3.8, 4) is 0 Å². The monoisotopic (exact) mass is 260 g/mol. The normalized spacial score (nSPS) is 22.4. The summed E-state index contributed by atoms with van der Waals surface area (Å²) in [6.45, 7) is 5.61. The molecule has 2 rings (SSSR count). The van der Waals surface area contributed by atoms with E-state index in [1.807, 2.05) is 36.1 Å². The van der Waals surface area contributed by atoms with Gasteiger partial charge in [-0.05, 0) is 37.3 Å². The number of nitrogens with zero attached hydrogens (tertiary/aromatic N) is 1. The zero-order chi connectivity index (χ0) is 13.8. The molecule has 0 bridgehead atoms. The first-order valence-corrected chi connectivity index (χ1v) is 7.25. The highest BCUT2D eigenvalue weighted by Gasteiger charge is 2.32. The molecular formula is C16H24N2O. The lowest BCUT2D eigenvalue weighted by Crippen LogP contribution is -2.36. The number of nitrogen functional groups attached to an aromatic ring is 1. The van der Waals surface area contributed by atoms with E-state index in [9.17, 15) is 4.79 Å². The predicted molar refractivity (Wildman–Crippen MR) is 78.5 cm³/mol. The number of carbonyl (C=O) groups is 1. The first-order chi connectivity index (χ1) is 9.13. The summed E-state index contributed by atoms with van der Waals surface area (Å²) in [7, 11) is 0. The second-order valence-electron chi connectivity index (χ2n) is 5.57. The van der Waals surface area contributed by atoms with Crippen LogP contribution in [0.4, 0.5) is 5.69 Å². The highest BCUT2D eigenvalue weighted by Crippen LogP contribution is 2.33. The Hall–Kier alpha value is -1.51. The molecule has 2 unspecified atom stereocenters. The van der Waals surface area contributed by atoms with Gasteiger partial charge in [-0.3, -0.25) is 4.79 Å². The minimum Gasteiger partial charge on any atom is -0.398 e. The Bertz CT molecular complexity index is 444. The summed E-state index contributed by atoms with van der Waals surface area (Å²) in [5.41, 5.74) is 7.78. The van der Waals surface area contributed by atoms with Gasteiger partial charge in [0.05, 0.1) is 0 Å². The van der Waals surface area contributed by atoms with E-state index in [2.05, 4.69) is 6.92 Å². The highest BCUT2D eigenvalue weighted by molar-refractivity contribution is 5.79. The van der Waals surface area contributed by atoms with Gasteiger partial charge in [-0.25, -0.2) is 0 Å². The van der Waals surface area contributed by atoms with E-state index in [0.29, 0.717) is 18.4 Å². The molecule has 1 aromatic carbocycles. The van der Waals surface area contributed by atoms with Crippen molar-refractivity contribution >= 4 is 11.6 Å². The maximum atomic E-state index is 12.6. The second-order valence-corrected chi connectivity index (χ2v) is 5.57. The molecule has 3 heteroatoms. The molecule has 0 saturated heterocycles. The van der Waals surface area contributed by atoms with Gasteiger partial charge >= 0.3 is 0 Å². The molecular weight excluding hydrogens is 236 g/mol. The maximum Gasteiger partial charge on any atom is 0.226 e. The number of carbonyl (C=O) groups excluding carboxylic acids is 1. The van der Waals surface area contributed by atoms with Crippen LogP contribution >= 0.6 is 0 Å². The summed E-state index contributed by atoms with van der Waals surface area (Å²) >= 11 is 0. The van der Waals surface area contributed by atoms with E-state index in [1.54, 1.807) is 0 Å². The highest BCUT2D eigenvalue weighted by atomic mass is 16.2. The van der Waals surface area contributed by atoms with Gasteiger partial charge in [-0.2, -0.15) is 0 Å². The van der Waals surface area contributed by atoms with Gasteiger partial charge < -0.3 is 10.6 Å². The molecule has 2 N–H and O–H groups in total. The Kier molecular flexibility index (Phi) is 4.46. The van der Waals surface area contributed by atoms with E-state index in [4.69, 9.17) is 5.73 Å². The van der Waals surface area contributed by atoms with Crippen molar-refractivity contribution in [3.05, 3.63) is 29.8 Å². The topological polar surface area (TPSA) is 46.3 Å². The molecule has 0 radical (unpaired) electrons. The van der Waals surface area contributed by atoms with Crippen LogP contribution in [0, 0.1) is 11.8 Å². The van der Waals surface area contributed by atoms with Gasteiger partial charge in [0.2, 0.25) is 5.91 Å². The van der Waals surface area contributed by atoms with Crippen LogP contribution in [0.15, 0.2) is 24.3 Å². The fourth-order valence-corrected chi connectivity index (χ4v) is 2.98. The number of anilines is 1. The van der Waals surface area contributed by atoms with E-state index in [1.165, 1.54) is 12.8 Å². The van der Waals surface area contributed by atoms with E-state index in [0.717, 1.165) is 24.2 Å². The SMILES string of the molecule is CCN(Cc1ccccc1N)C(=O)C1CCCC1C. The molecule has 19 heavy (non-hydrogen) atoms. The summed E-state index contributed by atoms with van der Waals surface area (Å²) < 4.78 is 0. The molecule has 0 heterocycles. The first kappa shape index (κ1) is 13.9. The van der Waals surface area contributed by atoms with Gasteiger partial charge in [0, 0.05) is 24.7 Å². The van der Waals surface area contributed by atoms with Gasteiger partial charge in [-0.1, -0.05) is 31.5 Å². The molecule has 1 aromatic rings. The standard InChI is InChI=1S/C16H24N2O/c1-3-18(11-13-8-4-5-10-15(13)17)16(19)14-9-6-7-12(14)2/h4-5,8,10,12,14H,3,6-7,9,11,17H2,1-2H3. The van der Waals surface area contributed by atoms with Crippen molar-refractivity contribution in [1.82, 2.24) is 4.90 Å². The Labute approximate surface area is 115 Å². The average Bonchev–Trinajstić information content (AvgIpc) is 2.83. The number of para-hydroxylation sites is 1. The van der Waals surface area contributed by atoms with Crippen molar-refractivity contribution in [2.24, 2.45) is 11.8 Å². The van der Waals surface area contributed by atoms with E-state index < -0.39 is 0 Å². The summed E-state index contributed by atoms with van der Waals surface area (Å²) in [5, 5.41) is 0. The van der Waals surface area contributed by atoms with Gasteiger partial charge in [0.1, 0.15) is 0 Å². The van der Waals surface area contributed by atoms with Crippen LogP contribution in [0.25, 0.3) is 0 Å². The quantitative estimate of drug-likeness (QED) is 0.846. The Morgan fingerprint density at radius 3 is 2.68 bits per heavy atom. The molecule has 1 aliphatic rings. The number of benzene rings is 1. The fraction of sp³-hybridized carbons (Fsp3) is 0.562. The molecule has 1 fully saturated rings. The number of rotatable bonds is 4. The number of amides is 1. The number of nitrogens with two attached hydrogens (primary N) is 1.